The molecule has 4 heteroatoms. The van der Waals surface area contributed by atoms with Crippen LogP contribution in [0.5, 0.6) is 0 Å². The third kappa shape index (κ3) is 3.39. The van der Waals surface area contributed by atoms with Gasteiger partial charge in [0.1, 0.15) is 0 Å². The van der Waals surface area contributed by atoms with E-state index in [2.05, 4.69) is 34.7 Å². The van der Waals surface area contributed by atoms with Crippen LogP contribution < -0.4 is 5.32 Å². The summed E-state index contributed by atoms with van der Waals surface area (Å²) < 4.78 is 1.98. The highest BCUT2D eigenvalue weighted by atomic mass is 32.2. The minimum Gasteiger partial charge on any atom is -0.309 e. The molecule has 1 aliphatic heterocycles. The van der Waals surface area contributed by atoms with Gasteiger partial charge >= 0.3 is 0 Å². The average Bonchev–Trinajstić information content (AvgIpc) is 3.10. The zero-order valence-electron chi connectivity index (χ0n) is 11.0. The summed E-state index contributed by atoms with van der Waals surface area (Å²) in [6.07, 6.45) is 5.14. The highest BCUT2D eigenvalue weighted by Crippen LogP contribution is 2.18. The largest absolute Gasteiger partial charge is 0.309 e. The summed E-state index contributed by atoms with van der Waals surface area (Å²) in [4.78, 5) is 0. The molecule has 0 radical (unpaired) electrons. The lowest BCUT2D eigenvalue weighted by Crippen LogP contribution is -2.28. The van der Waals surface area contributed by atoms with E-state index in [4.69, 9.17) is 0 Å². The first-order valence-corrected chi connectivity index (χ1v) is 7.92. The number of rotatable bonds is 5. The quantitative estimate of drug-likeness (QED) is 0.908. The van der Waals surface area contributed by atoms with E-state index in [9.17, 15) is 0 Å². The predicted octanol–water partition coefficient (Wildman–Crippen LogP) is 2.53. The van der Waals surface area contributed by atoms with Gasteiger partial charge in [0.15, 0.2) is 0 Å². The Hall–Kier alpha value is -1.26. The van der Waals surface area contributed by atoms with Crippen LogP contribution in [0.3, 0.4) is 0 Å². The Kier molecular flexibility index (Phi) is 4.20. The van der Waals surface area contributed by atoms with Gasteiger partial charge in [-0.2, -0.15) is 16.9 Å². The van der Waals surface area contributed by atoms with Gasteiger partial charge in [-0.3, -0.25) is 4.68 Å². The fourth-order valence-corrected chi connectivity index (χ4v) is 3.59. The predicted molar refractivity (Wildman–Crippen MR) is 80.3 cm³/mol. The third-order valence-electron chi connectivity index (χ3n) is 3.52. The lowest BCUT2D eigenvalue weighted by Gasteiger charge is -2.14. The Morgan fingerprint density at radius 3 is 2.89 bits per heavy atom. The van der Waals surface area contributed by atoms with Gasteiger partial charge in [0.05, 0.1) is 6.54 Å². The molecular weight excluding hydrogens is 254 g/mol. The van der Waals surface area contributed by atoms with Crippen molar-refractivity contribution in [2.45, 2.75) is 25.6 Å². The van der Waals surface area contributed by atoms with E-state index in [1.807, 2.05) is 34.9 Å². The van der Waals surface area contributed by atoms with Crippen molar-refractivity contribution in [2.24, 2.45) is 0 Å². The summed E-state index contributed by atoms with van der Waals surface area (Å²) in [5, 5.41) is 7.95. The van der Waals surface area contributed by atoms with Crippen LogP contribution in [0, 0.1) is 0 Å². The van der Waals surface area contributed by atoms with Gasteiger partial charge in [-0.05, 0) is 29.4 Å². The number of nitrogens with zero attached hydrogens (tertiary/aromatic N) is 2. The van der Waals surface area contributed by atoms with Gasteiger partial charge in [-0.1, -0.05) is 24.3 Å². The second-order valence-corrected chi connectivity index (χ2v) is 6.06. The molecule has 1 aromatic carbocycles. The fraction of sp³-hybridized carbons (Fsp3) is 0.400. The summed E-state index contributed by atoms with van der Waals surface area (Å²) in [6, 6.07) is 11.3. The van der Waals surface area contributed by atoms with E-state index >= 15 is 0 Å². The molecule has 0 aliphatic carbocycles. The van der Waals surface area contributed by atoms with Gasteiger partial charge in [-0.25, -0.2) is 0 Å². The molecule has 0 unspecified atom stereocenters. The third-order valence-corrected chi connectivity index (χ3v) is 4.68. The molecule has 1 atom stereocenters. The van der Waals surface area contributed by atoms with Gasteiger partial charge in [0.2, 0.25) is 0 Å². The SMILES string of the molecule is c1ccc(Cn2cccn2)c(CN[C@@H]2CCSC2)c1. The van der Waals surface area contributed by atoms with Crippen LogP contribution in [0.15, 0.2) is 42.7 Å². The second-order valence-electron chi connectivity index (χ2n) is 4.91. The maximum Gasteiger partial charge on any atom is 0.0662 e. The molecule has 1 saturated heterocycles. The first-order chi connectivity index (χ1) is 9.42. The Morgan fingerprint density at radius 2 is 2.16 bits per heavy atom. The van der Waals surface area contributed by atoms with Crippen molar-refractivity contribution in [3.05, 3.63) is 53.9 Å². The highest BCUT2D eigenvalue weighted by molar-refractivity contribution is 7.99. The van der Waals surface area contributed by atoms with Crippen molar-refractivity contribution >= 4 is 11.8 Å². The van der Waals surface area contributed by atoms with Crippen LogP contribution in [0.1, 0.15) is 17.5 Å². The summed E-state index contributed by atoms with van der Waals surface area (Å²) in [5.74, 6) is 2.55. The van der Waals surface area contributed by atoms with Crippen molar-refractivity contribution in [1.82, 2.24) is 15.1 Å². The maximum atomic E-state index is 4.28. The Labute approximate surface area is 118 Å². The first-order valence-electron chi connectivity index (χ1n) is 6.77. The van der Waals surface area contributed by atoms with Crippen molar-refractivity contribution < 1.29 is 0 Å². The van der Waals surface area contributed by atoms with E-state index in [1.165, 1.54) is 29.1 Å². The molecule has 1 N–H and O–H groups in total. The Bertz CT molecular complexity index is 504. The van der Waals surface area contributed by atoms with E-state index in [1.54, 1.807) is 0 Å². The summed E-state index contributed by atoms with van der Waals surface area (Å²) in [5.41, 5.74) is 2.74. The molecule has 0 spiro atoms. The van der Waals surface area contributed by atoms with E-state index < -0.39 is 0 Å². The summed E-state index contributed by atoms with van der Waals surface area (Å²) in [6.45, 7) is 1.81. The van der Waals surface area contributed by atoms with Gasteiger partial charge in [0.25, 0.3) is 0 Å². The molecule has 19 heavy (non-hydrogen) atoms. The highest BCUT2D eigenvalue weighted by Gasteiger charge is 2.14. The minimum absolute atomic E-state index is 0.683. The van der Waals surface area contributed by atoms with Gasteiger partial charge in [-0.15, -0.1) is 0 Å². The Morgan fingerprint density at radius 1 is 1.26 bits per heavy atom. The molecular formula is C15H19N3S. The van der Waals surface area contributed by atoms with E-state index in [-0.39, 0.29) is 0 Å². The first kappa shape index (κ1) is 12.8. The lowest BCUT2D eigenvalue weighted by atomic mass is 10.1. The van der Waals surface area contributed by atoms with Crippen LogP contribution in [0.4, 0.5) is 0 Å². The van der Waals surface area contributed by atoms with Crippen molar-refractivity contribution in [3.8, 4) is 0 Å². The summed E-state index contributed by atoms with van der Waals surface area (Å²) >= 11 is 2.05. The number of hydrogen-bond acceptors (Lipinski definition) is 3. The van der Waals surface area contributed by atoms with Gasteiger partial charge in [0, 0.05) is 30.7 Å². The molecule has 1 fully saturated rings. The molecule has 2 aromatic rings. The molecule has 1 aromatic heterocycles. The van der Waals surface area contributed by atoms with Crippen LogP contribution >= 0.6 is 11.8 Å². The average molecular weight is 273 g/mol. The van der Waals surface area contributed by atoms with Crippen LogP contribution in [0.2, 0.25) is 0 Å². The molecule has 1 aliphatic rings. The number of nitrogens with one attached hydrogen (secondary N) is 1. The number of thioether (sulfide) groups is 1. The molecule has 0 saturated carbocycles. The summed E-state index contributed by atoms with van der Waals surface area (Å²) in [7, 11) is 0. The van der Waals surface area contributed by atoms with Crippen LogP contribution in [0.25, 0.3) is 0 Å². The van der Waals surface area contributed by atoms with Gasteiger partial charge < -0.3 is 5.32 Å². The lowest BCUT2D eigenvalue weighted by molar-refractivity contribution is 0.553. The minimum atomic E-state index is 0.683. The zero-order valence-corrected chi connectivity index (χ0v) is 11.8. The molecule has 3 nitrogen and oxygen atoms in total. The van der Waals surface area contributed by atoms with Crippen molar-refractivity contribution in [1.29, 1.82) is 0 Å². The van der Waals surface area contributed by atoms with Crippen molar-refractivity contribution in [3.63, 3.8) is 0 Å². The van der Waals surface area contributed by atoms with Crippen LogP contribution in [-0.4, -0.2) is 27.3 Å². The Balaban J connectivity index is 1.66. The number of aromatic nitrogens is 2. The number of hydrogen-bond donors (Lipinski definition) is 1. The molecule has 100 valence electrons. The fourth-order valence-electron chi connectivity index (χ4n) is 2.40. The van der Waals surface area contributed by atoms with E-state index in [0.29, 0.717) is 6.04 Å². The molecule has 2 heterocycles. The normalized spacial score (nSPS) is 18.8. The zero-order chi connectivity index (χ0) is 12.9. The standard InChI is InChI=1S/C15H19N3S/c1-2-5-14(11-18-8-3-7-17-18)13(4-1)10-16-15-6-9-19-12-15/h1-5,7-8,15-16H,6,9-12H2/t15-/m1/s1. The number of benzene rings is 1. The second kappa shape index (κ2) is 6.26. The van der Waals surface area contributed by atoms with Crippen LogP contribution in [-0.2, 0) is 13.1 Å². The molecule has 3 rings (SSSR count). The maximum absolute atomic E-state index is 4.28. The molecule has 0 bridgehead atoms. The smallest absolute Gasteiger partial charge is 0.0662 e. The molecule has 0 amide bonds. The monoisotopic (exact) mass is 273 g/mol. The van der Waals surface area contributed by atoms with Crippen molar-refractivity contribution in [2.75, 3.05) is 11.5 Å². The topological polar surface area (TPSA) is 29.9 Å². The van der Waals surface area contributed by atoms with E-state index in [0.717, 1.165) is 13.1 Å².